The SMILES string of the molecule is C/C(=N/NC(=O)c1ccco1)c1ccc2ccccc2c1. The summed E-state index contributed by atoms with van der Waals surface area (Å²) < 4.78 is 5.01. The lowest BCUT2D eigenvalue weighted by molar-refractivity contribution is 0.0927. The molecule has 0 fully saturated rings. The van der Waals surface area contributed by atoms with Crippen molar-refractivity contribution >= 4 is 22.4 Å². The monoisotopic (exact) mass is 278 g/mol. The van der Waals surface area contributed by atoms with Gasteiger partial charge in [-0.3, -0.25) is 4.79 Å². The molecule has 2 aromatic carbocycles. The first-order valence-electron chi connectivity index (χ1n) is 6.61. The first kappa shape index (κ1) is 13.1. The average molecular weight is 278 g/mol. The van der Waals surface area contributed by atoms with E-state index in [0.717, 1.165) is 16.7 Å². The molecule has 3 aromatic rings. The minimum absolute atomic E-state index is 0.241. The van der Waals surface area contributed by atoms with Crippen LogP contribution in [0.3, 0.4) is 0 Å². The molecule has 0 radical (unpaired) electrons. The molecule has 0 saturated carbocycles. The Bertz CT molecular complexity index is 805. The summed E-state index contributed by atoms with van der Waals surface area (Å²) in [7, 11) is 0. The van der Waals surface area contributed by atoms with Crippen molar-refractivity contribution in [2.45, 2.75) is 6.92 Å². The second kappa shape index (κ2) is 5.63. The number of fused-ring (bicyclic) bond motifs is 1. The highest BCUT2D eigenvalue weighted by molar-refractivity contribution is 6.03. The molecule has 3 rings (SSSR count). The second-order valence-corrected chi connectivity index (χ2v) is 4.68. The number of rotatable bonds is 3. The molecular formula is C17H14N2O2. The van der Waals surface area contributed by atoms with Crippen molar-refractivity contribution in [3.05, 3.63) is 72.2 Å². The summed E-state index contributed by atoms with van der Waals surface area (Å²) in [5.41, 5.74) is 4.19. The summed E-state index contributed by atoms with van der Waals surface area (Å²) >= 11 is 0. The largest absolute Gasteiger partial charge is 0.459 e. The van der Waals surface area contributed by atoms with Gasteiger partial charge in [0.25, 0.3) is 0 Å². The number of carbonyl (C=O) groups excluding carboxylic acids is 1. The van der Waals surface area contributed by atoms with Gasteiger partial charge in [-0.2, -0.15) is 5.10 Å². The molecule has 104 valence electrons. The van der Waals surface area contributed by atoms with Gasteiger partial charge in [0.05, 0.1) is 12.0 Å². The lowest BCUT2D eigenvalue weighted by Gasteiger charge is -2.04. The minimum Gasteiger partial charge on any atom is -0.459 e. The fourth-order valence-corrected chi connectivity index (χ4v) is 2.08. The number of benzene rings is 2. The van der Waals surface area contributed by atoms with Gasteiger partial charge in [-0.1, -0.05) is 36.4 Å². The fraction of sp³-hybridized carbons (Fsp3) is 0.0588. The van der Waals surface area contributed by atoms with Crippen LogP contribution in [0.15, 0.2) is 70.4 Å². The zero-order valence-corrected chi connectivity index (χ0v) is 11.5. The standard InChI is InChI=1S/C17H14N2O2/c1-12(18-19-17(20)16-7-4-10-21-16)14-9-8-13-5-2-3-6-15(13)11-14/h2-11H,1H3,(H,19,20)/b18-12-. The van der Waals surface area contributed by atoms with Crippen molar-refractivity contribution in [3.63, 3.8) is 0 Å². The van der Waals surface area contributed by atoms with Crippen molar-refractivity contribution in [2.75, 3.05) is 0 Å². The van der Waals surface area contributed by atoms with Crippen molar-refractivity contribution in [1.29, 1.82) is 0 Å². The molecular weight excluding hydrogens is 264 g/mol. The van der Waals surface area contributed by atoms with Crippen LogP contribution in [-0.4, -0.2) is 11.6 Å². The summed E-state index contributed by atoms with van der Waals surface area (Å²) in [6.07, 6.45) is 1.45. The first-order valence-corrected chi connectivity index (χ1v) is 6.61. The highest BCUT2D eigenvalue weighted by Gasteiger charge is 2.07. The fourth-order valence-electron chi connectivity index (χ4n) is 2.08. The molecule has 4 nitrogen and oxygen atoms in total. The third kappa shape index (κ3) is 2.84. The van der Waals surface area contributed by atoms with Crippen LogP contribution in [0.5, 0.6) is 0 Å². The maximum atomic E-state index is 11.7. The van der Waals surface area contributed by atoms with E-state index in [1.165, 1.54) is 11.6 Å². The van der Waals surface area contributed by atoms with E-state index >= 15 is 0 Å². The summed E-state index contributed by atoms with van der Waals surface area (Å²) in [5, 5.41) is 6.43. The van der Waals surface area contributed by atoms with E-state index in [0.29, 0.717) is 0 Å². The maximum absolute atomic E-state index is 11.7. The normalized spacial score (nSPS) is 11.6. The molecule has 1 N–H and O–H groups in total. The number of hydrazone groups is 1. The molecule has 1 heterocycles. The van der Waals surface area contributed by atoms with E-state index in [2.05, 4.69) is 16.6 Å². The van der Waals surface area contributed by atoms with Crippen LogP contribution >= 0.6 is 0 Å². The van der Waals surface area contributed by atoms with Crippen molar-refractivity contribution in [2.24, 2.45) is 5.10 Å². The number of hydrogen-bond donors (Lipinski definition) is 1. The molecule has 0 saturated heterocycles. The molecule has 0 atom stereocenters. The van der Waals surface area contributed by atoms with Gasteiger partial charge in [-0.05, 0) is 41.5 Å². The Labute approximate surface area is 122 Å². The summed E-state index contributed by atoms with van der Waals surface area (Å²) in [5.74, 6) is -0.120. The van der Waals surface area contributed by atoms with Crippen LogP contribution < -0.4 is 5.43 Å². The van der Waals surface area contributed by atoms with E-state index in [4.69, 9.17) is 4.42 Å². The first-order chi connectivity index (χ1) is 10.2. The highest BCUT2D eigenvalue weighted by Crippen LogP contribution is 2.16. The van der Waals surface area contributed by atoms with Crippen molar-refractivity contribution in [3.8, 4) is 0 Å². The Hall–Kier alpha value is -2.88. The molecule has 0 unspecified atom stereocenters. The van der Waals surface area contributed by atoms with E-state index in [-0.39, 0.29) is 11.7 Å². The molecule has 4 heteroatoms. The van der Waals surface area contributed by atoms with Crippen molar-refractivity contribution in [1.82, 2.24) is 5.43 Å². The average Bonchev–Trinajstić information content (AvgIpc) is 3.06. The van der Waals surface area contributed by atoms with Gasteiger partial charge in [0, 0.05) is 0 Å². The maximum Gasteiger partial charge on any atom is 0.307 e. The lowest BCUT2D eigenvalue weighted by Crippen LogP contribution is -2.18. The molecule has 1 aromatic heterocycles. The van der Waals surface area contributed by atoms with Crippen LogP contribution in [0.25, 0.3) is 10.8 Å². The summed E-state index contributed by atoms with van der Waals surface area (Å²) in [6.45, 7) is 1.85. The molecule has 0 bridgehead atoms. The number of hydrogen-bond acceptors (Lipinski definition) is 3. The predicted molar refractivity (Wildman–Crippen MR) is 82.3 cm³/mol. The zero-order valence-electron chi connectivity index (χ0n) is 11.5. The third-order valence-corrected chi connectivity index (χ3v) is 3.24. The van der Waals surface area contributed by atoms with Crippen LogP contribution in [-0.2, 0) is 0 Å². The predicted octanol–water partition coefficient (Wildman–Crippen LogP) is 3.59. The minimum atomic E-state index is -0.361. The highest BCUT2D eigenvalue weighted by atomic mass is 16.3. The number of amides is 1. The second-order valence-electron chi connectivity index (χ2n) is 4.68. The Morgan fingerprint density at radius 2 is 1.86 bits per heavy atom. The van der Waals surface area contributed by atoms with E-state index in [1.54, 1.807) is 12.1 Å². The summed E-state index contributed by atoms with van der Waals surface area (Å²) in [6, 6.07) is 17.4. The zero-order chi connectivity index (χ0) is 14.7. The smallest absolute Gasteiger partial charge is 0.307 e. The number of furan rings is 1. The molecule has 0 aliphatic rings. The van der Waals surface area contributed by atoms with E-state index in [1.807, 2.05) is 43.3 Å². The van der Waals surface area contributed by atoms with Crippen LogP contribution in [0, 0.1) is 0 Å². The van der Waals surface area contributed by atoms with Gasteiger partial charge in [0.15, 0.2) is 5.76 Å². The number of nitrogens with one attached hydrogen (secondary N) is 1. The van der Waals surface area contributed by atoms with Crippen LogP contribution in [0.4, 0.5) is 0 Å². The van der Waals surface area contributed by atoms with Crippen LogP contribution in [0.1, 0.15) is 23.0 Å². The Morgan fingerprint density at radius 3 is 2.62 bits per heavy atom. The molecule has 0 aliphatic carbocycles. The van der Waals surface area contributed by atoms with Crippen molar-refractivity contribution < 1.29 is 9.21 Å². The van der Waals surface area contributed by atoms with Gasteiger partial charge < -0.3 is 4.42 Å². The van der Waals surface area contributed by atoms with E-state index < -0.39 is 0 Å². The molecule has 21 heavy (non-hydrogen) atoms. The molecule has 0 spiro atoms. The lowest BCUT2D eigenvalue weighted by atomic mass is 10.0. The van der Waals surface area contributed by atoms with Crippen LogP contribution in [0.2, 0.25) is 0 Å². The molecule has 0 aliphatic heterocycles. The van der Waals surface area contributed by atoms with Gasteiger partial charge in [-0.25, -0.2) is 5.43 Å². The van der Waals surface area contributed by atoms with E-state index in [9.17, 15) is 4.79 Å². The Balaban J connectivity index is 1.81. The number of carbonyl (C=O) groups is 1. The topological polar surface area (TPSA) is 54.6 Å². The number of nitrogens with zero attached hydrogens (tertiary/aromatic N) is 1. The Morgan fingerprint density at radius 1 is 1.05 bits per heavy atom. The van der Waals surface area contributed by atoms with Gasteiger partial charge in [-0.15, -0.1) is 0 Å². The van der Waals surface area contributed by atoms with Gasteiger partial charge in [0.1, 0.15) is 0 Å². The third-order valence-electron chi connectivity index (χ3n) is 3.24. The summed E-state index contributed by atoms with van der Waals surface area (Å²) in [4.78, 5) is 11.7. The quantitative estimate of drug-likeness (QED) is 0.588. The Kier molecular flexibility index (Phi) is 3.51. The van der Waals surface area contributed by atoms with Gasteiger partial charge >= 0.3 is 5.91 Å². The molecule has 1 amide bonds. The van der Waals surface area contributed by atoms with Gasteiger partial charge in [0.2, 0.25) is 0 Å².